The smallest absolute Gasteiger partial charge is 0.252 e. The van der Waals surface area contributed by atoms with Gasteiger partial charge in [0.05, 0.1) is 0 Å². The molecule has 2 aromatic heterocycles. The third-order valence-electron chi connectivity index (χ3n) is 2.76. The van der Waals surface area contributed by atoms with Gasteiger partial charge >= 0.3 is 0 Å². The second-order valence-electron chi connectivity index (χ2n) is 4.74. The van der Waals surface area contributed by atoms with Crippen LogP contribution in [0.4, 0.5) is 5.82 Å². The maximum Gasteiger partial charge on any atom is 0.252 e. The summed E-state index contributed by atoms with van der Waals surface area (Å²) in [5, 5.41) is 3.17. The van der Waals surface area contributed by atoms with Gasteiger partial charge in [0, 0.05) is 37.3 Å². The highest BCUT2D eigenvalue weighted by Gasteiger charge is 2.04. The fraction of sp³-hybridized carbons (Fsp3) is 0.462. The first kappa shape index (κ1) is 13.3. The van der Waals surface area contributed by atoms with E-state index in [2.05, 4.69) is 25.3 Å². The van der Waals surface area contributed by atoms with E-state index in [0.29, 0.717) is 11.6 Å². The Labute approximate surface area is 111 Å². The van der Waals surface area contributed by atoms with E-state index in [1.807, 2.05) is 20.0 Å². The van der Waals surface area contributed by atoms with Crippen LogP contribution in [0.15, 0.2) is 23.3 Å². The average molecular weight is 261 g/mol. The molecule has 0 saturated carbocycles. The quantitative estimate of drug-likeness (QED) is 0.690. The van der Waals surface area contributed by atoms with E-state index in [1.165, 1.54) is 6.07 Å². The van der Waals surface area contributed by atoms with Gasteiger partial charge in [-0.25, -0.2) is 9.97 Å². The highest BCUT2D eigenvalue weighted by atomic mass is 16.1. The van der Waals surface area contributed by atoms with Crippen LogP contribution in [0.25, 0.3) is 0 Å². The molecule has 102 valence electrons. The topological polar surface area (TPSA) is 86.5 Å². The van der Waals surface area contributed by atoms with Gasteiger partial charge < -0.3 is 15.3 Å². The Hall–Kier alpha value is -2.11. The molecule has 0 aliphatic heterocycles. The van der Waals surface area contributed by atoms with Crippen LogP contribution in [0.3, 0.4) is 0 Å². The van der Waals surface area contributed by atoms with E-state index < -0.39 is 0 Å². The summed E-state index contributed by atoms with van der Waals surface area (Å²) in [7, 11) is 0. The Bertz CT molecular complexity index is 559. The molecule has 6 heteroatoms. The molecule has 19 heavy (non-hydrogen) atoms. The number of hydrogen-bond donors (Lipinski definition) is 3. The summed E-state index contributed by atoms with van der Waals surface area (Å²) >= 11 is 0. The monoisotopic (exact) mass is 261 g/mol. The second-order valence-corrected chi connectivity index (χ2v) is 4.74. The van der Waals surface area contributed by atoms with Crippen molar-refractivity contribution in [3.63, 3.8) is 0 Å². The zero-order valence-corrected chi connectivity index (χ0v) is 11.2. The van der Waals surface area contributed by atoms with Gasteiger partial charge in [-0.3, -0.25) is 4.79 Å². The number of hydrogen-bond acceptors (Lipinski definition) is 4. The van der Waals surface area contributed by atoms with E-state index in [1.54, 1.807) is 6.20 Å². The van der Waals surface area contributed by atoms with Gasteiger partial charge in [-0.1, -0.05) is 13.8 Å². The summed E-state index contributed by atoms with van der Waals surface area (Å²) in [4.78, 5) is 25.8. The zero-order chi connectivity index (χ0) is 13.7. The van der Waals surface area contributed by atoms with Crippen molar-refractivity contribution in [2.45, 2.75) is 32.6 Å². The zero-order valence-electron chi connectivity index (χ0n) is 11.2. The standard InChI is InChI=1S/C13H19N5O/c1-9(2)13-17-11(8-12(19)18-13)14-5-3-4-10-15-6-7-16-10/h6-9H,3-5H2,1-2H3,(H,15,16)(H2,14,17,18,19). The van der Waals surface area contributed by atoms with Gasteiger partial charge in [-0.15, -0.1) is 0 Å². The Balaban J connectivity index is 1.87. The Morgan fingerprint density at radius 2 is 2.26 bits per heavy atom. The molecule has 3 N–H and O–H groups in total. The van der Waals surface area contributed by atoms with E-state index in [9.17, 15) is 4.79 Å². The third kappa shape index (κ3) is 3.94. The van der Waals surface area contributed by atoms with Gasteiger partial charge in [-0.05, 0) is 6.42 Å². The molecule has 0 atom stereocenters. The molecule has 0 radical (unpaired) electrons. The molecular formula is C13H19N5O. The van der Waals surface area contributed by atoms with E-state index in [0.717, 1.165) is 25.2 Å². The lowest BCUT2D eigenvalue weighted by molar-refractivity contribution is 0.762. The Morgan fingerprint density at radius 1 is 1.42 bits per heavy atom. The van der Waals surface area contributed by atoms with Crippen LogP contribution < -0.4 is 10.9 Å². The summed E-state index contributed by atoms with van der Waals surface area (Å²) in [5.74, 6) is 2.52. The van der Waals surface area contributed by atoms with Crippen LogP contribution in [0.5, 0.6) is 0 Å². The van der Waals surface area contributed by atoms with E-state index in [4.69, 9.17) is 0 Å². The molecule has 2 heterocycles. The predicted octanol–water partition coefficient (Wildman–Crippen LogP) is 1.66. The minimum Gasteiger partial charge on any atom is -0.370 e. The molecule has 0 fully saturated rings. The number of H-pyrrole nitrogens is 2. The van der Waals surface area contributed by atoms with Crippen LogP contribution in [-0.4, -0.2) is 26.5 Å². The second kappa shape index (κ2) is 6.17. The summed E-state index contributed by atoms with van der Waals surface area (Å²) in [5.41, 5.74) is -0.118. The minimum atomic E-state index is -0.118. The third-order valence-corrected chi connectivity index (χ3v) is 2.76. The molecule has 2 rings (SSSR count). The number of aromatic amines is 2. The number of aromatic nitrogens is 4. The normalized spacial score (nSPS) is 10.9. The van der Waals surface area contributed by atoms with Crippen molar-refractivity contribution in [3.05, 3.63) is 40.5 Å². The largest absolute Gasteiger partial charge is 0.370 e. The first-order chi connectivity index (χ1) is 9.15. The molecule has 0 aliphatic carbocycles. The summed E-state index contributed by atoms with van der Waals surface area (Å²) < 4.78 is 0. The van der Waals surface area contributed by atoms with Gasteiger partial charge in [-0.2, -0.15) is 0 Å². The van der Waals surface area contributed by atoms with Crippen LogP contribution in [0.1, 0.15) is 37.8 Å². The predicted molar refractivity (Wildman–Crippen MR) is 74.3 cm³/mol. The van der Waals surface area contributed by atoms with Crippen LogP contribution >= 0.6 is 0 Å². The van der Waals surface area contributed by atoms with Crippen molar-refractivity contribution in [1.29, 1.82) is 0 Å². The first-order valence-corrected chi connectivity index (χ1v) is 6.48. The first-order valence-electron chi connectivity index (χ1n) is 6.48. The summed E-state index contributed by atoms with van der Waals surface area (Å²) in [6.45, 7) is 4.76. The number of rotatable bonds is 6. The van der Waals surface area contributed by atoms with Gasteiger partial charge in [0.2, 0.25) is 0 Å². The van der Waals surface area contributed by atoms with Crippen molar-refractivity contribution in [1.82, 2.24) is 19.9 Å². The van der Waals surface area contributed by atoms with Crippen molar-refractivity contribution in [3.8, 4) is 0 Å². The number of anilines is 1. The van der Waals surface area contributed by atoms with Crippen LogP contribution in [0.2, 0.25) is 0 Å². The molecule has 0 saturated heterocycles. The molecule has 0 aromatic carbocycles. The molecule has 6 nitrogen and oxygen atoms in total. The highest BCUT2D eigenvalue weighted by Crippen LogP contribution is 2.09. The van der Waals surface area contributed by atoms with Crippen LogP contribution in [-0.2, 0) is 6.42 Å². The lowest BCUT2D eigenvalue weighted by atomic mass is 10.2. The number of nitrogens with one attached hydrogen (secondary N) is 3. The van der Waals surface area contributed by atoms with Gasteiger partial charge in [0.15, 0.2) is 0 Å². The summed E-state index contributed by atoms with van der Waals surface area (Å²) in [6.07, 6.45) is 5.37. The number of aryl methyl sites for hydroxylation is 1. The lowest BCUT2D eigenvalue weighted by Crippen LogP contribution is -2.15. The fourth-order valence-corrected chi connectivity index (χ4v) is 1.75. The maximum atomic E-state index is 11.5. The van der Waals surface area contributed by atoms with Gasteiger partial charge in [0.1, 0.15) is 17.5 Å². The molecule has 0 amide bonds. The van der Waals surface area contributed by atoms with Crippen molar-refractivity contribution >= 4 is 5.82 Å². The summed E-state index contributed by atoms with van der Waals surface area (Å²) in [6, 6.07) is 1.48. The molecule has 2 aromatic rings. The number of nitrogens with zero attached hydrogens (tertiary/aromatic N) is 2. The fourth-order valence-electron chi connectivity index (χ4n) is 1.75. The minimum absolute atomic E-state index is 0.118. The Kier molecular flexibility index (Phi) is 4.33. The van der Waals surface area contributed by atoms with Crippen molar-refractivity contribution in [2.24, 2.45) is 0 Å². The molecule has 0 aliphatic rings. The van der Waals surface area contributed by atoms with E-state index >= 15 is 0 Å². The molecule has 0 spiro atoms. The van der Waals surface area contributed by atoms with Crippen LogP contribution in [0, 0.1) is 0 Å². The molecule has 0 unspecified atom stereocenters. The SMILES string of the molecule is CC(C)c1nc(NCCCc2ncc[nH]2)cc(=O)[nH]1. The molecular weight excluding hydrogens is 242 g/mol. The van der Waals surface area contributed by atoms with Gasteiger partial charge in [0.25, 0.3) is 5.56 Å². The van der Waals surface area contributed by atoms with Crippen molar-refractivity contribution < 1.29 is 0 Å². The number of imidazole rings is 1. The highest BCUT2D eigenvalue weighted by molar-refractivity contribution is 5.33. The van der Waals surface area contributed by atoms with Crippen molar-refractivity contribution in [2.75, 3.05) is 11.9 Å². The van der Waals surface area contributed by atoms with E-state index in [-0.39, 0.29) is 11.5 Å². The molecule has 0 bridgehead atoms. The lowest BCUT2D eigenvalue weighted by Gasteiger charge is -2.08. The average Bonchev–Trinajstić information content (AvgIpc) is 2.87. The Morgan fingerprint density at radius 3 is 2.95 bits per heavy atom. The maximum absolute atomic E-state index is 11.5.